The molecule has 4 nitrogen and oxygen atoms in total. The quantitative estimate of drug-likeness (QED) is 0.843. The van der Waals surface area contributed by atoms with Crippen LogP contribution in [-0.4, -0.2) is 16.1 Å². The number of amidine groups is 1. The van der Waals surface area contributed by atoms with Crippen LogP contribution < -0.4 is 5.43 Å². The first-order valence-electron chi connectivity index (χ1n) is 5.03. The van der Waals surface area contributed by atoms with Crippen molar-refractivity contribution in [1.82, 2.24) is 5.43 Å². The highest BCUT2D eigenvalue weighted by Crippen LogP contribution is 2.17. The molecule has 0 atom stereocenters. The normalized spacial score (nSPS) is 16.8. The number of carbonyl (C=O) groups is 1. The number of aliphatic imine (C=N–C) groups is 1. The average molecular weight is 311 g/mol. The van der Waals surface area contributed by atoms with Crippen LogP contribution in [-0.2, 0) is 0 Å². The second-order valence-corrected chi connectivity index (χ2v) is 5.21. The van der Waals surface area contributed by atoms with E-state index in [4.69, 9.17) is 0 Å². The first kappa shape index (κ1) is 12.3. The molecule has 0 unspecified atom stereocenters. The summed E-state index contributed by atoms with van der Waals surface area (Å²) in [5.41, 5.74) is 4.38. The minimum atomic E-state index is -0.295. The largest absolute Gasteiger partial charge is 0.279 e. The molecule has 1 aliphatic heterocycles. The van der Waals surface area contributed by atoms with E-state index in [1.807, 2.05) is 6.92 Å². The summed E-state index contributed by atoms with van der Waals surface area (Å²) in [7, 11) is 0. The third-order valence-electron chi connectivity index (χ3n) is 2.05. The average Bonchev–Trinajstić information content (AvgIpc) is 2.77. The van der Waals surface area contributed by atoms with Crippen LogP contribution in [0.5, 0.6) is 0 Å². The van der Waals surface area contributed by atoms with Crippen molar-refractivity contribution < 1.29 is 4.79 Å². The van der Waals surface area contributed by atoms with Crippen molar-refractivity contribution in [2.75, 3.05) is 0 Å². The van der Waals surface area contributed by atoms with E-state index in [9.17, 15) is 4.79 Å². The number of benzene rings is 1. The summed E-state index contributed by atoms with van der Waals surface area (Å²) in [4.78, 5) is 15.7. The lowest BCUT2D eigenvalue weighted by molar-refractivity contribution is 0.100. The SMILES string of the molecule is CCC1=N[N]C(=NC(=O)c2ccc(Br)cc2)S1. The Bertz CT molecular complexity index is 496. The van der Waals surface area contributed by atoms with E-state index in [1.165, 1.54) is 11.8 Å². The summed E-state index contributed by atoms with van der Waals surface area (Å²) in [6.07, 6.45) is 0.805. The molecule has 17 heavy (non-hydrogen) atoms. The molecule has 1 heterocycles. The van der Waals surface area contributed by atoms with Gasteiger partial charge in [-0.15, -0.1) is 10.5 Å². The van der Waals surface area contributed by atoms with Crippen molar-refractivity contribution in [2.24, 2.45) is 10.1 Å². The van der Waals surface area contributed by atoms with Crippen LogP contribution >= 0.6 is 27.7 Å². The summed E-state index contributed by atoms with van der Waals surface area (Å²) in [6.45, 7) is 1.99. The molecule has 1 amide bonds. The van der Waals surface area contributed by atoms with Crippen LogP contribution in [0.15, 0.2) is 38.8 Å². The van der Waals surface area contributed by atoms with Gasteiger partial charge in [-0.2, -0.15) is 4.99 Å². The van der Waals surface area contributed by atoms with Gasteiger partial charge in [-0.3, -0.25) is 4.79 Å². The van der Waals surface area contributed by atoms with E-state index in [-0.39, 0.29) is 5.91 Å². The Hall–Kier alpha value is -1.14. The molecule has 0 aliphatic carbocycles. The van der Waals surface area contributed by atoms with Gasteiger partial charge in [-0.1, -0.05) is 22.9 Å². The number of hydrogen-bond acceptors (Lipinski definition) is 3. The van der Waals surface area contributed by atoms with Gasteiger partial charge < -0.3 is 0 Å². The van der Waals surface area contributed by atoms with Crippen LogP contribution in [0.3, 0.4) is 0 Å². The van der Waals surface area contributed by atoms with Gasteiger partial charge in [0.05, 0.1) is 0 Å². The van der Waals surface area contributed by atoms with Crippen LogP contribution in [0.1, 0.15) is 23.7 Å². The molecular weight excluding hydrogens is 302 g/mol. The maximum Gasteiger partial charge on any atom is 0.279 e. The van der Waals surface area contributed by atoms with Crippen LogP contribution in [0.4, 0.5) is 0 Å². The highest BCUT2D eigenvalue weighted by Gasteiger charge is 2.16. The number of carbonyl (C=O) groups excluding carboxylic acids is 1. The van der Waals surface area contributed by atoms with E-state index in [0.717, 1.165) is 15.9 Å². The standard InChI is InChI=1S/C11H9BrN3OS/c1-2-9-14-15-11(17-9)13-10(16)7-3-5-8(12)6-4-7/h3-6H,2H2,1H3. The molecule has 0 saturated carbocycles. The number of amides is 1. The number of rotatable bonds is 2. The molecular formula is C11H9BrN3OS. The maximum atomic E-state index is 11.8. The van der Waals surface area contributed by atoms with Crippen LogP contribution in [0.2, 0.25) is 0 Å². The Morgan fingerprint density at radius 1 is 1.41 bits per heavy atom. The van der Waals surface area contributed by atoms with E-state index >= 15 is 0 Å². The van der Waals surface area contributed by atoms with Gasteiger partial charge in [0.25, 0.3) is 5.91 Å². The fourth-order valence-corrected chi connectivity index (χ4v) is 2.09. The highest BCUT2D eigenvalue weighted by molar-refractivity contribution is 9.10. The summed E-state index contributed by atoms with van der Waals surface area (Å²) < 4.78 is 0.929. The molecule has 0 spiro atoms. The number of hydrogen-bond donors (Lipinski definition) is 0. The van der Waals surface area contributed by atoms with Gasteiger partial charge >= 0.3 is 0 Å². The second kappa shape index (κ2) is 5.46. The van der Waals surface area contributed by atoms with Gasteiger partial charge in [-0.05, 0) is 42.4 Å². The number of nitrogens with zero attached hydrogens (tertiary/aromatic N) is 3. The smallest absolute Gasteiger partial charge is 0.267 e. The van der Waals surface area contributed by atoms with Crippen LogP contribution in [0.25, 0.3) is 0 Å². The molecule has 0 N–H and O–H groups in total. The fourth-order valence-electron chi connectivity index (χ4n) is 1.18. The molecule has 0 saturated heterocycles. The molecule has 0 aromatic heterocycles. The fraction of sp³-hybridized carbons (Fsp3) is 0.182. The Morgan fingerprint density at radius 3 is 2.71 bits per heavy atom. The highest BCUT2D eigenvalue weighted by atomic mass is 79.9. The lowest BCUT2D eigenvalue weighted by Gasteiger charge is -1.96. The van der Waals surface area contributed by atoms with Crippen molar-refractivity contribution in [1.29, 1.82) is 0 Å². The van der Waals surface area contributed by atoms with Gasteiger partial charge in [-0.25, -0.2) is 0 Å². The topological polar surface area (TPSA) is 55.9 Å². The van der Waals surface area contributed by atoms with Gasteiger partial charge in [0.15, 0.2) is 0 Å². The number of thioether (sulfide) groups is 1. The predicted molar refractivity (Wildman–Crippen MR) is 73.4 cm³/mol. The molecule has 6 heteroatoms. The first-order valence-corrected chi connectivity index (χ1v) is 6.64. The number of halogens is 1. The van der Waals surface area contributed by atoms with Gasteiger partial charge in [0.1, 0.15) is 5.04 Å². The van der Waals surface area contributed by atoms with Crippen molar-refractivity contribution in [3.05, 3.63) is 34.3 Å². The van der Waals surface area contributed by atoms with E-state index in [1.54, 1.807) is 24.3 Å². The third-order valence-corrected chi connectivity index (χ3v) is 3.54. The predicted octanol–water partition coefficient (Wildman–Crippen LogP) is 3.02. The second-order valence-electron chi connectivity index (χ2n) is 3.26. The molecule has 0 bridgehead atoms. The summed E-state index contributed by atoms with van der Waals surface area (Å²) in [5, 5.41) is 5.20. The molecule has 0 fully saturated rings. The Morgan fingerprint density at radius 2 is 2.12 bits per heavy atom. The van der Waals surface area contributed by atoms with Gasteiger partial charge in [0, 0.05) is 10.0 Å². The van der Waals surface area contributed by atoms with E-state index in [0.29, 0.717) is 10.7 Å². The Labute approximate surface area is 112 Å². The van der Waals surface area contributed by atoms with Gasteiger partial charge in [0.2, 0.25) is 5.17 Å². The summed E-state index contributed by atoms with van der Waals surface area (Å²) >= 11 is 4.65. The maximum absolute atomic E-state index is 11.8. The molecule has 1 aliphatic rings. The van der Waals surface area contributed by atoms with Crippen molar-refractivity contribution in [2.45, 2.75) is 13.3 Å². The monoisotopic (exact) mass is 310 g/mol. The van der Waals surface area contributed by atoms with E-state index in [2.05, 4.69) is 31.4 Å². The third kappa shape index (κ3) is 3.17. The molecule has 1 radical (unpaired) electrons. The lowest BCUT2D eigenvalue weighted by Crippen LogP contribution is -2.04. The zero-order valence-electron chi connectivity index (χ0n) is 9.05. The summed E-state index contributed by atoms with van der Waals surface area (Å²) in [6, 6.07) is 7.05. The Kier molecular flexibility index (Phi) is 3.96. The van der Waals surface area contributed by atoms with Crippen molar-refractivity contribution in [3.8, 4) is 0 Å². The Balaban J connectivity index is 2.08. The van der Waals surface area contributed by atoms with E-state index < -0.39 is 0 Å². The zero-order valence-corrected chi connectivity index (χ0v) is 11.5. The molecule has 1 aromatic carbocycles. The first-order chi connectivity index (χ1) is 8.19. The molecule has 1 aromatic rings. The van der Waals surface area contributed by atoms with Crippen molar-refractivity contribution >= 4 is 43.8 Å². The minimum Gasteiger partial charge on any atom is -0.267 e. The lowest BCUT2D eigenvalue weighted by atomic mass is 10.2. The minimum absolute atomic E-state index is 0.295. The van der Waals surface area contributed by atoms with Crippen molar-refractivity contribution in [3.63, 3.8) is 0 Å². The zero-order chi connectivity index (χ0) is 12.3. The molecule has 2 rings (SSSR count). The summed E-state index contributed by atoms with van der Waals surface area (Å²) in [5.74, 6) is -0.295. The van der Waals surface area contributed by atoms with Crippen LogP contribution in [0, 0.1) is 0 Å². The molecule has 87 valence electrons.